The molecule has 17 heavy (non-hydrogen) atoms. The third-order valence-corrected chi connectivity index (χ3v) is 4.13. The molecule has 0 spiro atoms. The fourth-order valence-corrected chi connectivity index (χ4v) is 2.75. The van der Waals surface area contributed by atoms with E-state index in [1.807, 2.05) is 12.1 Å². The SMILES string of the molecule is CC1(CN)CCN(Cc2ccc(F)c(Br)c2)C1. The summed E-state index contributed by atoms with van der Waals surface area (Å²) in [5.74, 6) is -0.207. The Morgan fingerprint density at radius 1 is 1.53 bits per heavy atom. The van der Waals surface area contributed by atoms with Crippen molar-refractivity contribution in [3.05, 3.63) is 34.1 Å². The molecular formula is C13H18BrFN2. The van der Waals surface area contributed by atoms with Gasteiger partial charge in [0.05, 0.1) is 4.47 Å². The Kier molecular flexibility index (Phi) is 3.85. The highest BCUT2D eigenvalue weighted by Gasteiger charge is 2.32. The summed E-state index contributed by atoms with van der Waals surface area (Å²) >= 11 is 3.22. The molecule has 2 rings (SSSR count). The van der Waals surface area contributed by atoms with Gasteiger partial charge >= 0.3 is 0 Å². The van der Waals surface area contributed by atoms with Gasteiger partial charge in [0.1, 0.15) is 5.82 Å². The Hall–Kier alpha value is -0.450. The van der Waals surface area contributed by atoms with Gasteiger partial charge in [-0.25, -0.2) is 4.39 Å². The normalized spacial score (nSPS) is 25.4. The molecule has 1 saturated heterocycles. The van der Waals surface area contributed by atoms with Gasteiger partial charge < -0.3 is 5.73 Å². The first-order chi connectivity index (χ1) is 8.02. The summed E-state index contributed by atoms with van der Waals surface area (Å²) in [7, 11) is 0. The Labute approximate surface area is 110 Å². The van der Waals surface area contributed by atoms with Crippen LogP contribution >= 0.6 is 15.9 Å². The Balaban J connectivity index is 2.00. The van der Waals surface area contributed by atoms with Crippen molar-refractivity contribution in [2.45, 2.75) is 19.9 Å². The van der Waals surface area contributed by atoms with E-state index in [1.165, 1.54) is 6.07 Å². The molecule has 2 N–H and O–H groups in total. The first-order valence-corrected chi connectivity index (χ1v) is 6.68. The average Bonchev–Trinajstić information content (AvgIpc) is 2.67. The molecule has 94 valence electrons. The van der Waals surface area contributed by atoms with Gasteiger partial charge in [0.25, 0.3) is 0 Å². The van der Waals surface area contributed by atoms with E-state index < -0.39 is 0 Å². The Morgan fingerprint density at radius 2 is 2.29 bits per heavy atom. The van der Waals surface area contributed by atoms with E-state index in [4.69, 9.17) is 5.73 Å². The van der Waals surface area contributed by atoms with Gasteiger partial charge in [0.2, 0.25) is 0 Å². The van der Waals surface area contributed by atoms with Gasteiger partial charge in [-0.2, -0.15) is 0 Å². The maximum atomic E-state index is 13.1. The number of rotatable bonds is 3. The monoisotopic (exact) mass is 300 g/mol. The van der Waals surface area contributed by atoms with Gasteiger partial charge in [-0.15, -0.1) is 0 Å². The summed E-state index contributed by atoms with van der Waals surface area (Å²) in [6, 6.07) is 5.21. The predicted octanol–water partition coefficient (Wildman–Crippen LogP) is 2.76. The van der Waals surface area contributed by atoms with Gasteiger partial charge in [-0.05, 0) is 58.6 Å². The second-order valence-electron chi connectivity index (χ2n) is 5.22. The molecule has 1 aliphatic heterocycles. The lowest BCUT2D eigenvalue weighted by Gasteiger charge is -2.22. The molecule has 0 aromatic heterocycles. The molecule has 1 unspecified atom stereocenters. The van der Waals surface area contributed by atoms with Crippen LogP contribution in [0.25, 0.3) is 0 Å². The minimum atomic E-state index is -0.207. The van der Waals surface area contributed by atoms with Crippen molar-refractivity contribution in [2.75, 3.05) is 19.6 Å². The van der Waals surface area contributed by atoms with Crippen molar-refractivity contribution >= 4 is 15.9 Å². The molecule has 2 nitrogen and oxygen atoms in total. The number of halogens is 2. The van der Waals surface area contributed by atoms with Crippen LogP contribution in [0.4, 0.5) is 4.39 Å². The minimum absolute atomic E-state index is 0.207. The number of nitrogens with zero attached hydrogens (tertiary/aromatic N) is 1. The highest BCUT2D eigenvalue weighted by Crippen LogP contribution is 2.29. The fourth-order valence-electron chi connectivity index (χ4n) is 2.32. The lowest BCUT2D eigenvalue weighted by molar-refractivity contribution is 0.274. The summed E-state index contributed by atoms with van der Waals surface area (Å²) < 4.78 is 13.7. The zero-order valence-corrected chi connectivity index (χ0v) is 11.6. The molecule has 0 bridgehead atoms. The van der Waals surface area contributed by atoms with E-state index in [0.717, 1.165) is 38.2 Å². The zero-order chi connectivity index (χ0) is 12.5. The zero-order valence-electron chi connectivity index (χ0n) is 10.0. The maximum Gasteiger partial charge on any atom is 0.137 e. The van der Waals surface area contributed by atoms with E-state index in [1.54, 1.807) is 0 Å². The Bertz CT molecular complexity index is 410. The van der Waals surface area contributed by atoms with Gasteiger partial charge in [0.15, 0.2) is 0 Å². The highest BCUT2D eigenvalue weighted by atomic mass is 79.9. The number of nitrogens with two attached hydrogens (primary N) is 1. The summed E-state index contributed by atoms with van der Waals surface area (Å²) in [6.45, 7) is 5.93. The number of hydrogen-bond acceptors (Lipinski definition) is 2. The molecule has 1 atom stereocenters. The largest absolute Gasteiger partial charge is 0.330 e. The number of benzene rings is 1. The topological polar surface area (TPSA) is 29.3 Å². The van der Waals surface area contributed by atoms with E-state index in [0.29, 0.717) is 4.47 Å². The molecular weight excluding hydrogens is 283 g/mol. The summed E-state index contributed by atoms with van der Waals surface area (Å²) in [5.41, 5.74) is 7.17. The average molecular weight is 301 g/mol. The molecule has 4 heteroatoms. The van der Waals surface area contributed by atoms with Crippen molar-refractivity contribution in [3.8, 4) is 0 Å². The standard InChI is InChI=1S/C13H18BrFN2/c1-13(8-16)4-5-17(9-13)7-10-2-3-12(15)11(14)6-10/h2-3,6H,4-5,7-9,16H2,1H3. The highest BCUT2D eigenvalue weighted by molar-refractivity contribution is 9.10. The van der Waals surface area contributed by atoms with Gasteiger partial charge in [-0.3, -0.25) is 4.90 Å². The summed E-state index contributed by atoms with van der Waals surface area (Å²) in [4.78, 5) is 2.38. The molecule has 1 aromatic rings. The van der Waals surface area contributed by atoms with Crippen molar-refractivity contribution in [2.24, 2.45) is 11.1 Å². The predicted molar refractivity (Wildman–Crippen MR) is 71.2 cm³/mol. The maximum absolute atomic E-state index is 13.1. The van der Waals surface area contributed by atoms with Crippen LogP contribution in [0.3, 0.4) is 0 Å². The molecule has 0 radical (unpaired) electrons. The first-order valence-electron chi connectivity index (χ1n) is 5.89. The van der Waals surface area contributed by atoms with Crippen LogP contribution in [0.5, 0.6) is 0 Å². The molecule has 0 saturated carbocycles. The molecule has 0 aliphatic carbocycles. The molecule has 1 heterocycles. The van der Waals surface area contributed by atoms with Crippen molar-refractivity contribution in [1.29, 1.82) is 0 Å². The van der Waals surface area contributed by atoms with Crippen LogP contribution < -0.4 is 5.73 Å². The minimum Gasteiger partial charge on any atom is -0.330 e. The first kappa shape index (κ1) is 13.0. The van der Waals surface area contributed by atoms with Crippen LogP contribution in [0.2, 0.25) is 0 Å². The van der Waals surface area contributed by atoms with Gasteiger partial charge in [-0.1, -0.05) is 13.0 Å². The third kappa shape index (κ3) is 3.06. The molecule has 1 aliphatic rings. The second-order valence-corrected chi connectivity index (χ2v) is 6.08. The third-order valence-electron chi connectivity index (χ3n) is 3.52. The fraction of sp³-hybridized carbons (Fsp3) is 0.538. The molecule has 0 amide bonds. The van der Waals surface area contributed by atoms with Crippen LogP contribution in [0, 0.1) is 11.2 Å². The molecule has 1 aromatic carbocycles. The second kappa shape index (κ2) is 5.04. The smallest absolute Gasteiger partial charge is 0.137 e. The number of hydrogen-bond donors (Lipinski definition) is 1. The van der Waals surface area contributed by atoms with Crippen molar-refractivity contribution < 1.29 is 4.39 Å². The molecule has 1 fully saturated rings. The van der Waals surface area contributed by atoms with Crippen LogP contribution in [-0.2, 0) is 6.54 Å². The quantitative estimate of drug-likeness (QED) is 0.930. The van der Waals surface area contributed by atoms with Crippen molar-refractivity contribution in [3.63, 3.8) is 0 Å². The van der Waals surface area contributed by atoms with Crippen LogP contribution in [-0.4, -0.2) is 24.5 Å². The van der Waals surface area contributed by atoms with Gasteiger partial charge in [0, 0.05) is 13.1 Å². The van der Waals surface area contributed by atoms with Crippen LogP contribution in [0.1, 0.15) is 18.9 Å². The lowest BCUT2D eigenvalue weighted by atomic mass is 9.90. The summed E-state index contributed by atoms with van der Waals surface area (Å²) in [6.07, 6.45) is 1.14. The number of likely N-dealkylation sites (tertiary alicyclic amines) is 1. The van der Waals surface area contributed by atoms with E-state index in [2.05, 4.69) is 27.8 Å². The van der Waals surface area contributed by atoms with Crippen molar-refractivity contribution in [1.82, 2.24) is 4.90 Å². The summed E-state index contributed by atoms with van der Waals surface area (Å²) in [5, 5.41) is 0. The lowest BCUT2D eigenvalue weighted by Crippen LogP contribution is -2.31. The van der Waals surface area contributed by atoms with E-state index in [-0.39, 0.29) is 11.2 Å². The van der Waals surface area contributed by atoms with E-state index in [9.17, 15) is 4.39 Å². The van der Waals surface area contributed by atoms with E-state index >= 15 is 0 Å². The van der Waals surface area contributed by atoms with Crippen LogP contribution in [0.15, 0.2) is 22.7 Å². The Morgan fingerprint density at radius 3 is 2.88 bits per heavy atom.